The van der Waals surface area contributed by atoms with Crippen LogP contribution in [0.2, 0.25) is 0 Å². The van der Waals surface area contributed by atoms with Gasteiger partial charge in [-0.2, -0.15) is 10.4 Å². The second-order valence-electron chi connectivity index (χ2n) is 10.1. The van der Waals surface area contributed by atoms with E-state index in [1.165, 1.54) is 0 Å². The van der Waals surface area contributed by atoms with E-state index in [2.05, 4.69) is 62.9 Å². The van der Waals surface area contributed by atoms with Crippen LogP contribution >= 0.6 is 31.9 Å². The highest BCUT2D eigenvalue weighted by atomic mass is 79.9. The lowest BCUT2D eigenvalue weighted by atomic mass is 9.83. The number of rotatable bonds is 6. The summed E-state index contributed by atoms with van der Waals surface area (Å²) in [6.45, 7) is 2.89. The van der Waals surface area contributed by atoms with E-state index in [0.717, 1.165) is 57.2 Å². The Morgan fingerprint density at radius 3 is 2.67 bits per heavy atom. The van der Waals surface area contributed by atoms with Crippen molar-refractivity contribution in [3.63, 3.8) is 0 Å². The molecular formula is C27H26Br2N8O2. The number of ether oxygens (including phenoxy) is 1. The van der Waals surface area contributed by atoms with Gasteiger partial charge in [0.05, 0.1) is 40.4 Å². The molecule has 1 aromatic carbocycles. The highest BCUT2D eigenvalue weighted by molar-refractivity contribution is 9.11. The fourth-order valence-electron chi connectivity index (χ4n) is 5.75. The molecular weight excluding hydrogens is 628 g/mol. The molecule has 2 fully saturated rings. The number of hydrogen-bond donors (Lipinski definition) is 1. The number of nitriles is 1. The number of likely N-dealkylation sites (tertiary alicyclic amines) is 2. The Balaban J connectivity index is 1.11. The SMILES string of the molecule is COc1c(Br)cc(C(=O)N2CCC(N3CC(CC#N)(n4cc(-c5ncnc6[nH]ccc56)cn4)C3)CC2)cc1Br. The maximum Gasteiger partial charge on any atom is 0.253 e. The van der Waals surface area contributed by atoms with Gasteiger partial charge in [-0.15, -0.1) is 0 Å². The average molecular weight is 654 g/mol. The summed E-state index contributed by atoms with van der Waals surface area (Å²) in [7, 11) is 1.60. The second kappa shape index (κ2) is 10.4. The maximum atomic E-state index is 13.2. The molecule has 0 unspecified atom stereocenters. The molecule has 0 radical (unpaired) electrons. The van der Waals surface area contributed by atoms with Crippen molar-refractivity contribution in [3.8, 4) is 23.1 Å². The summed E-state index contributed by atoms with van der Waals surface area (Å²) < 4.78 is 8.79. The minimum atomic E-state index is -0.369. The van der Waals surface area contributed by atoms with Crippen LogP contribution in [-0.2, 0) is 5.54 Å². The number of fused-ring (bicyclic) bond motifs is 1. The van der Waals surface area contributed by atoms with E-state index in [4.69, 9.17) is 4.74 Å². The van der Waals surface area contributed by atoms with Crippen LogP contribution in [0, 0.1) is 11.3 Å². The van der Waals surface area contributed by atoms with E-state index in [9.17, 15) is 10.1 Å². The summed E-state index contributed by atoms with van der Waals surface area (Å²) in [5.41, 5.74) is 2.77. The number of methoxy groups -OCH3 is 1. The van der Waals surface area contributed by atoms with Crippen molar-refractivity contribution >= 4 is 48.8 Å². The Labute approximate surface area is 242 Å². The third-order valence-electron chi connectivity index (χ3n) is 7.82. The van der Waals surface area contributed by atoms with Gasteiger partial charge in [0.25, 0.3) is 5.91 Å². The van der Waals surface area contributed by atoms with Gasteiger partial charge in [0, 0.05) is 61.1 Å². The molecule has 0 saturated carbocycles. The zero-order valence-corrected chi connectivity index (χ0v) is 24.4. The Morgan fingerprint density at radius 2 is 1.97 bits per heavy atom. The fourth-order valence-corrected chi connectivity index (χ4v) is 7.26. The Hall–Kier alpha value is -3.27. The lowest BCUT2D eigenvalue weighted by molar-refractivity contribution is -0.0412. The average Bonchev–Trinajstić information content (AvgIpc) is 3.60. The van der Waals surface area contributed by atoms with Gasteiger partial charge in [0.15, 0.2) is 0 Å². The third kappa shape index (κ3) is 4.62. The van der Waals surface area contributed by atoms with Gasteiger partial charge in [0.2, 0.25) is 0 Å². The Kier molecular flexibility index (Phi) is 6.91. The van der Waals surface area contributed by atoms with Crippen molar-refractivity contribution in [2.24, 2.45) is 0 Å². The number of amides is 1. The number of piperidine rings is 1. The van der Waals surface area contributed by atoms with Crippen LogP contribution < -0.4 is 4.74 Å². The van der Waals surface area contributed by atoms with Crippen molar-refractivity contribution < 1.29 is 9.53 Å². The zero-order valence-electron chi connectivity index (χ0n) is 21.3. The molecule has 3 aromatic heterocycles. The highest BCUT2D eigenvalue weighted by Gasteiger charge is 2.48. The first-order valence-electron chi connectivity index (χ1n) is 12.7. The van der Waals surface area contributed by atoms with Gasteiger partial charge < -0.3 is 14.6 Å². The molecule has 0 aliphatic carbocycles. The number of halogens is 2. The van der Waals surface area contributed by atoms with Gasteiger partial charge in [-0.1, -0.05) is 0 Å². The predicted molar refractivity (Wildman–Crippen MR) is 152 cm³/mol. The Morgan fingerprint density at radius 1 is 1.23 bits per heavy atom. The van der Waals surface area contributed by atoms with Crippen molar-refractivity contribution in [3.05, 3.63) is 57.6 Å². The minimum Gasteiger partial charge on any atom is -0.494 e. The van der Waals surface area contributed by atoms with Gasteiger partial charge in [0.1, 0.15) is 23.3 Å². The van der Waals surface area contributed by atoms with Crippen molar-refractivity contribution in [1.29, 1.82) is 5.26 Å². The van der Waals surface area contributed by atoms with Crippen molar-refractivity contribution in [2.75, 3.05) is 33.3 Å². The highest BCUT2D eigenvalue weighted by Crippen LogP contribution is 2.38. The number of carbonyl (C=O) groups excluding carboxylic acids is 1. The fraction of sp³-hybridized carbons (Fsp3) is 0.370. The zero-order chi connectivity index (χ0) is 27.1. The Bertz CT molecular complexity index is 1550. The van der Waals surface area contributed by atoms with Crippen LogP contribution in [0.3, 0.4) is 0 Å². The quantitative estimate of drug-likeness (QED) is 0.324. The molecule has 2 aliphatic rings. The summed E-state index contributed by atoms with van der Waals surface area (Å²) in [5.74, 6) is 0.688. The monoisotopic (exact) mass is 652 g/mol. The summed E-state index contributed by atoms with van der Waals surface area (Å²) in [5, 5.41) is 15.3. The number of benzene rings is 1. The molecule has 39 heavy (non-hydrogen) atoms. The lowest BCUT2D eigenvalue weighted by Gasteiger charge is -2.53. The topological polar surface area (TPSA) is 116 Å². The van der Waals surface area contributed by atoms with E-state index < -0.39 is 0 Å². The smallest absolute Gasteiger partial charge is 0.253 e. The lowest BCUT2D eigenvalue weighted by Crippen LogP contribution is -2.66. The van der Waals surface area contributed by atoms with E-state index in [1.54, 1.807) is 13.4 Å². The summed E-state index contributed by atoms with van der Waals surface area (Å²) in [4.78, 5) is 29.4. The first-order chi connectivity index (χ1) is 18.9. The molecule has 0 bridgehead atoms. The molecule has 1 N–H and O–H groups in total. The van der Waals surface area contributed by atoms with E-state index >= 15 is 0 Å². The number of aromatic amines is 1. The number of aromatic nitrogens is 5. The number of nitrogens with zero attached hydrogens (tertiary/aromatic N) is 7. The molecule has 2 saturated heterocycles. The molecule has 0 spiro atoms. The molecule has 4 aromatic rings. The van der Waals surface area contributed by atoms with E-state index in [-0.39, 0.29) is 11.4 Å². The van der Waals surface area contributed by atoms with Crippen LogP contribution in [0.5, 0.6) is 5.75 Å². The molecule has 200 valence electrons. The summed E-state index contributed by atoms with van der Waals surface area (Å²) in [6.07, 6.45) is 9.37. The standard InChI is InChI=1S/C27H26Br2N8O2/c1-39-24-21(28)10-17(11-22(24)29)26(38)35-8-3-19(4-9-35)36-14-27(15-36,5-6-30)37-13-18(12-34-37)23-20-2-7-31-25(20)33-16-32-23/h2,7,10-13,16,19H,3-5,8-9,14-15H2,1H3,(H,31,32,33). The molecule has 1 amide bonds. The maximum absolute atomic E-state index is 13.2. The first kappa shape index (κ1) is 26.0. The van der Waals surface area contributed by atoms with Gasteiger partial charge in [-0.05, 0) is 62.9 Å². The number of hydrogen-bond acceptors (Lipinski definition) is 7. The van der Waals surface area contributed by atoms with Gasteiger partial charge >= 0.3 is 0 Å². The molecule has 0 atom stereocenters. The van der Waals surface area contributed by atoms with Crippen molar-refractivity contribution in [2.45, 2.75) is 30.8 Å². The third-order valence-corrected chi connectivity index (χ3v) is 8.99. The molecule has 5 heterocycles. The van der Waals surface area contributed by atoms with Crippen LogP contribution in [0.15, 0.2) is 52.1 Å². The number of H-pyrrole nitrogens is 1. The predicted octanol–water partition coefficient (Wildman–Crippen LogP) is 4.58. The minimum absolute atomic E-state index is 0.0188. The second-order valence-corrected chi connectivity index (χ2v) is 11.8. The van der Waals surface area contributed by atoms with Gasteiger partial charge in [-0.25, -0.2) is 9.97 Å². The van der Waals surface area contributed by atoms with E-state index in [1.807, 2.05) is 46.4 Å². The van der Waals surface area contributed by atoms with Crippen LogP contribution in [0.25, 0.3) is 22.3 Å². The first-order valence-corrected chi connectivity index (χ1v) is 14.3. The normalized spacial score (nSPS) is 17.6. The van der Waals surface area contributed by atoms with Crippen molar-refractivity contribution in [1.82, 2.24) is 34.5 Å². The van der Waals surface area contributed by atoms with Crippen LogP contribution in [0.4, 0.5) is 0 Å². The summed E-state index contributed by atoms with van der Waals surface area (Å²) >= 11 is 6.98. The van der Waals surface area contributed by atoms with Crippen LogP contribution in [0.1, 0.15) is 29.6 Å². The van der Waals surface area contributed by atoms with E-state index in [0.29, 0.717) is 36.9 Å². The molecule has 2 aliphatic heterocycles. The summed E-state index contributed by atoms with van der Waals surface area (Å²) in [6, 6.07) is 8.32. The molecule has 6 rings (SSSR count). The molecule has 10 nitrogen and oxygen atoms in total. The largest absolute Gasteiger partial charge is 0.494 e. The molecule has 12 heteroatoms. The number of carbonyl (C=O) groups is 1. The van der Waals surface area contributed by atoms with Gasteiger partial charge in [-0.3, -0.25) is 14.4 Å². The number of nitrogens with one attached hydrogen (secondary N) is 1. The van der Waals surface area contributed by atoms with Crippen LogP contribution in [-0.4, -0.2) is 79.8 Å².